The number of furan rings is 1. The summed E-state index contributed by atoms with van der Waals surface area (Å²) in [4.78, 5) is 28.4. The highest BCUT2D eigenvalue weighted by molar-refractivity contribution is 6.02. The van der Waals surface area contributed by atoms with Crippen LogP contribution in [-0.2, 0) is 11.2 Å². The standard InChI is InChI=1S/C30H31FN2O4/c1-18-22-13-24-25(19-7-9-21(31)10-8-19)17-36-27(24)15-28(22)37-30(35)23(18)14-29(34)32-16-20-5-4-12-33-11-3-2-6-26(20)33/h7-10,13,15,17,20,26H,2-6,11-12,14,16H2,1H3,(H,32,34)/t20-,26+/m0/s1. The molecule has 0 saturated carbocycles. The molecule has 0 spiro atoms. The number of piperidine rings is 2. The fourth-order valence-corrected chi connectivity index (χ4v) is 6.25. The number of carbonyl (C=O) groups is 1. The van der Waals surface area contributed by atoms with Crippen molar-refractivity contribution >= 4 is 27.8 Å². The Kier molecular flexibility index (Phi) is 6.32. The number of hydrogen-bond acceptors (Lipinski definition) is 5. The lowest BCUT2D eigenvalue weighted by molar-refractivity contribution is -0.120. The van der Waals surface area contributed by atoms with Gasteiger partial charge < -0.3 is 19.1 Å². The second kappa shape index (κ2) is 9.78. The molecular formula is C30H31FN2O4. The Balaban J connectivity index is 1.25. The fourth-order valence-electron chi connectivity index (χ4n) is 6.25. The number of halogens is 1. The van der Waals surface area contributed by atoms with E-state index in [1.807, 2.05) is 13.0 Å². The molecule has 6 rings (SSSR count). The molecule has 2 aliphatic rings. The maximum absolute atomic E-state index is 13.4. The zero-order chi connectivity index (χ0) is 25.5. The Morgan fingerprint density at radius 3 is 2.70 bits per heavy atom. The lowest BCUT2D eigenvalue weighted by Crippen LogP contribution is -2.51. The van der Waals surface area contributed by atoms with Crippen LogP contribution < -0.4 is 10.9 Å². The number of nitrogens with zero attached hydrogens (tertiary/aromatic N) is 1. The van der Waals surface area contributed by atoms with Crippen LogP contribution in [0.5, 0.6) is 0 Å². The summed E-state index contributed by atoms with van der Waals surface area (Å²) in [5, 5.41) is 4.69. The van der Waals surface area contributed by atoms with E-state index in [2.05, 4.69) is 10.2 Å². The fraction of sp³-hybridized carbons (Fsp3) is 0.400. The summed E-state index contributed by atoms with van der Waals surface area (Å²) >= 11 is 0. The van der Waals surface area contributed by atoms with Gasteiger partial charge in [0.25, 0.3) is 0 Å². The van der Waals surface area contributed by atoms with Crippen molar-refractivity contribution in [3.63, 3.8) is 0 Å². The average Bonchev–Trinajstić information content (AvgIpc) is 3.32. The van der Waals surface area contributed by atoms with E-state index in [1.54, 1.807) is 24.5 Å². The van der Waals surface area contributed by atoms with Crippen molar-refractivity contribution < 1.29 is 18.0 Å². The molecule has 1 N–H and O–H groups in total. The second-order valence-corrected chi connectivity index (χ2v) is 10.5. The number of benzene rings is 2. The van der Waals surface area contributed by atoms with Gasteiger partial charge in [-0.25, -0.2) is 9.18 Å². The largest absolute Gasteiger partial charge is 0.464 e. The van der Waals surface area contributed by atoms with Gasteiger partial charge in [0.05, 0.1) is 18.2 Å². The molecule has 2 fully saturated rings. The Morgan fingerprint density at radius 1 is 1.05 bits per heavy atom. The summed E-state index contributed by atoms with van der Waals surface area (Å²) in [6.07, 6.45) is 7.65. The topological polar surface area (TPSA) is 75.7 Å². The predicted octanol–water partition coefficient (Wildman–Crippen LogP) is 5.58. The van der Waals surface area contributed by atoms with Crippen LogP contribution in [-0.4, -0.2) is 36.5 Å². The van der Waals surface area contributed by atoms with Gasteiger partial charge in [0.1, 0.15) is 17.0 Å². The van der Waals surface area contributed by atoms with Crippen molar-refractivity contribution in [1.82, 2.24) is 10.2 Å². The molecule has 37 heavy (non-hydrogen) atoms. The number of fused-ring (bicyclic) bond motifs is 3. The van der Waals surface area contributed by atoms with Crippen LogP contribution in [0.1, 0.15) is 43.2 Å². The molecule has 4 aromatic rings. The molecule has 7 heteroatoms. The average molecular weight is 503 g/mol. The Hall–Kier alpha value is -3.45. The SMILES string of the molecule is Cc1c(CC(=O)NC[C@@H]2CCCN3CCCC[C@H]23)c(=O)oc2cc3occ(-c4ccc(F)cc4)c3cc12. The molecule has 0 radical (unpaired) electrons. The number of hydrogen-bond donors (Lipinski definition) is 1. The maximum Gasteiger partial charge on any atom is 0.340 e. The van der Waals surface area contributed by atoms with Crippen molar-refractivity contribution in [2.75, 3.05) is 19.6 Å². The molecule has 4 heterocycles. The van der Waals surface area contributed by atoms with E-state index >= 15 is 0 Å². The van der Waals surface area contributed by atoms with Crippen LogP contribution in [0.2, 0.25) is 0 Å². The molecule has 0 aliphatic carbocycles. The summed E-state index contributed by atoms with van der Waals surface area (Å²) in [5.74, 6) is 0.00697. The smallest absolute Gasteiger partial charge is 0.340 e. The summed E-state index contributed by atoms with van der Waals surface area (Å²) in [6.45, 7) is 4.83. The van der Waals surface area contributed by atoms with Gasteiger partial charge in [0.2, 0.25) is 5.91 Å². The van der Waals surface area contributed by atoms with Gasteiger partial charge in [-0.2, -0.15) is 0 Å². The van der Waals surface area contributed by atoms with Gasteiger partial charge in [-0.15, -0.1) is 0 Å². The molecule has 192 valence electrons. The van der Waals surface area contributed by atoms with Crippen LogP contribution in [0.25, 0.3) is 33.1 Å². The predicted molar refractivity (Wildman–Crippen MR) is 141 cm³/mol. The molecule has 2 aromatic carbocycles. The Morgan fingerprint density at radius 2 is 1.86 bits per heavy atom. The molecule has 2 saturated heterocycles. The highest BCUT2D eigenvalue weighted by atomic mass is 19.1. The quantitative estimate of drug-likeness (QED) is 0.361. The third-order valence-corrected chi connectivity index (χ3v) is 8.26. The van der Waals surface area contributed by atoms with Gasteiger partial charge in [-0.1, -0.05) is 18.6 Å². The first-order valence-electron chi connectivity index (χ1n) is 13.2. The van der Waals surface area contributed by atoms with Crippen LogP contribution in [0.3, 0.4) is 0 Å². The van der Waals surface area contributed by atoms with Gasteiger partial charge >= 0.3 is 5.63 Å². The third-order valence-electron chi connectivity index (χ3n) is 8.26. The van der Waals surface area contributed by atoms with Crippen molar-refractivity contribution in [2.24, 2.45) is 5.92 Å². The molecular weight excluding hydrogens is 471 g/mol. The Bertz CT molecular complexity index is 1520. The molecule has 2 aliphatic heterocycles. The maximum atomic E-state index is 13.4. The zero-order valence-electron chi connectivity index (χ0n) is 21.0. The lowest BCUT2D eigenvalue weighted by Gasteiger charge is -2.44. The number of nitrogens with one attached hydrogen (secondary N) is 1. The van der Waals surface area contributed by atoms with E-state index in [4.69, 9.17) is 8.83 Å². The van der Waals surface area contributed by atoms with Gasteiger partial charge in [0, 0.05) is 35.0 Å². The molecule has 2 aromatic heterocycles. The van der Waals surface area contributed by atoms with Gasteiger partial charge in [-0.3, -0.25) is 4.79 Å². The molecule has 0 bridgehead atoms. The number of amides is 1. The molecule has 0 unspecified atom stereocenters. The first-order chi connectivity index (χ1) is 18.0. The highest BCUT2D eigenvalue weighted by Crippen LogP contribution is 2.35. The second-order valence-electron chi connectivity index (χ2n) is 10.5. The summed E-state index contributed by atoms with van der Waals surface area (Å²) in [6, 6.07) is 10.4. The number of carbonyl (C=O) groups excluding carboxylic acids is 1. The van der Waals surface area contributed by atoms with E-state index in [0.29, 0.717) is 35.2 Å². The summed E-state index contributed by atoms with van der Waals surface area (Å²) in [5.41, 5.74) is 3.24. The van der Waals surface area contributed by atoms with Crippen LogP contribution >= 0.6 is 0 Å². The van der Waals surface area contributed by atoms with Crippen LogP contribution in [0.4, 0.5) is 4.39 Å². The van der Waals surface area contributed by atoms with Crippen LogP contribution in [0.15, 0.2) is 56.3 Å². The van der Waals surface area contributed by atoms with Crippen molar-refractivity contribution in [3.05, 3.63) is 70.0 Å². The first kappa shape index (κ1) is 23.9. The zero-order valence-corrected chi connectivity index (χ0v) is 21.0. The van der Waals surface area contributed by atoms with E-state index in [9.17, 15) is 14.0 Å². The van der Waals surface area contributed by atoms with E-state index in [-0.39, 0.29) is 18.1 Å². The van der Waals surface area contributed by atoms with Gasteiger partial charge in [-0.05, 0) is 80.9 Å². The normalized spacial score (nSPS) is 20.3. The van der Waals surface area contributed by atoms with Crippen molar-refractivity contribution in [2.45, 2.75) is 51.5 Å². The molecule has 6 nitrogen and oxygen atoms in total. The summed E-state index contributed by atoms with van der Waals surface area (Å²) < 4.78 is 24.8. The number of aryl methyl sites for hydroxylation is 1. The third kappa shape index (κ3) is 4.57. The van der Waals surface area contributed by atoms with E-state index in [1.165, 1.54) is 50.9 Å². The van der Waals surface area contributed by atoms with E-state index < -0.39 is 5.63 Å². The first-order valence-corrected chi connectivity index (χ1v) is 13.2. The lowest BCUT2D eigenvalue weighted by atomic mass is 9.83. The molecule has 1 amide bonds. The summed E-state index contributed by atoms with van der Waals surface area (Å²) in [7, 11) is 0. The highest BCUT2D eigenvalue weighted by Gasteiger charge is 2.33. The monoisotopic (exact) mass is 502 g/mol. The minimum absolute atomic E-state index is 0.0144. The van der Waals surface area contributed by atoms with Crippen molar-refractivity contribution in [1.29, 1.82) is 0 Å². The van der Waals surface area contributed by atoms with Crippen LogP contribution in [0, 0.1) is 18.7 Å². The minimum Gasteiger partial charge on any atom is -0.464 e. The Labute approximate surface area is 214 Å². The van der Waals surface area contributed by atoms with Crippen molar-refractivity contribution in [3.8, 4) is 11.1 Å². The minimum atomic E-state index is -0.499. The number of rotatable bonds is 5. The van der Waals surface area contributed by atoms with E-state index in [0.717, 1.165) is 33.9 Å². The van der Waals surface area contributed by atoms with Gasteiger partial charge in [0.15, 0.2) is 0 Å². The molecule has 2 atom stereocenters.